The van der Waals surface area contributed by atoms with Gasteiger partial charge in [-0.2, -0.15) is 0 Å². The number of carbonyl (C=O) groups excluding carboxylic acids is 1. The molecule has 0 aromatic heterocycles. The number of carboxylic acid groups (broad SMARTS) is 1. The molecule has 0 fully saturated rings. The number of carbonyl (C=O) groups is 2. The number of aromatic hydroxyl groups is 1. The lowest BCUT2D eigenvalue weighted by molar-refractivity contribution is 0.0694. The maximum atomic E-state index is 12.1. The van der Waals surface area contributed by atoms with Crippen molar-refractivity contribution in [1.82, 2.24) is 10.4 Å². The highest BCUT2D eigenvalue weighted by Crippen LogP contribution is 2.18. The van der Waals surface area contributed by atoms with E-state index in [-0.39, 0.29) is 23.8 Å². The highest BCUT2D eigenvalue weighted by molar-refractivity contribution is 5.93. The summed E-state index contributed by atoms with van der Waals surface area (Å²) >= 11 is 0. The molecule has 2 aromatic carbocycles. The number of rotatable bonds is 5. The third-order valence-corrected chi connectivity index (χ3v) is 3.16. The van der Waals surface area contributed by atoms with Crippen LogP contribution in [0.5, 0.6) is 5.75 Å². The van der Waals surface area contributed by atoms with E-state index in [0.717, 1.165) is 0 Å². The maximum absolute atomic E-state index is 12.1. The molecule has 0 aliphatic carbocycles. The van der Waals surface area contributed by atoms with E-state index < -0.39 is 5.97 Å². The van der Waals surface area contributed by atoms with Gasteiger partial charge in [0.1, 0.15) is 5.75 Å². The van der Waals surface area contributed by atoms with Crippen LogP contribution in [-0.2, 0) is 6.54 Å². The summed E-state index contributed by atoms with van der Waals surface area (Å²) in [4.78, 5) is 22.9. The predicted molar refractivity (Wildman–Crippen MR) is 80.4 cm³/mol. The summed E-state index contributed by atoms with van der Waals surface area (Å²) in [7, 11) is 1.58. The molecule has 0 atom stereocenters. The Morgan fingerprint density at radius 1 is 1.09 bits per heavy atom. The number of hydrogen-bond donors (Lipinski definition) is 3. The van der Waals surface area contributed by atoms with E-state index in [0.29, 0.717) is 11.1 Å². The van der Waals surface area contributed by atoms with Gasteiger partial charge in [0, 0.05) is 24.7 Å². The Bertz CT molecular complexity index is 686. The first-order valence-electron chi connectivity index (χ1n) is 6.61. The zero-order valence-electron chi connectivity index (χ0n) is 12.0. The van der Waals surface area contributed by atoms with E-state index in [1.165, 1.54) is 23.2 Å². The van der Waals surface area contributed by atoms with E-state index in [1.807, 2.05) is 6.07 Å². The van der Waals surface area contributed by atoms with E-state index in [1.54, 1.807) is 31.3 Å². The molecule has 1 amide bonds. The molecule has 0 aliphatic heterocycles. The highest BCUT2D eigenvalue weighted by Gasteiger charge is 2.12. The third kappa shape index (κ3) is 3.62. The highest BCUT2D eigenvalue weighted by atomic mass is 16.4. The lowest BCUT2D eigenvalue weighted by Crippen LogP contribution is -2.39. The van der Waals surface area contributed by atoms with E-state index >= 15 is 0 Å². The normalized spacial score (nSPS) is 10.2. The van der Waals surface area contributed by atoms with Crippen LogP contribution >= 0.6 is 0 Å². The molecular weight excluding hydrogens is 284 g/mol. The Morgan fingerprint density at radius 2 is 1.77 bits per heavy atom. The molecule has 2 aromatic rings. The Balaban J connectivity index is 2.01. The molecule has 0 spiro atoms. The van der Waals surface area contributed by atoms with Gasteiger partial charge in [0.25, 0.3) is 5.91 Å². The molecule has 22 heavy (non-hydrogen) atoms. The molecule has 0 unspecified atom stereocenters. The molecule has 114 valence electrons. The van der Waals surface area contributed by atoms with Gasteiger partial charge in [-0.1, -0.05) is 24.3 Å². The number of aromatic carboxylic acids is 1. The van der Waals surface area contributed by atoms with Crippen LogP contribution < -0.4 is 5.43 Å². The van der Waals surface area contributed by atoms with Crippen LogP contribution in [0.1, 0.15) is 26.3 Å². The maximum Gasteiger partial charge on any atom is 0.335 e. The number of amides is 1. The summed E-state index contributed by atoms with van der Waals surface area (Å²) < 4.78 is 0. The van der Waals surface area contributed by atoms with E-state index in [4.69, 9.17) is 5.11 Å². The number of benzene rings is 2. The van der Waals surface area contributed by atoms with Gasteiger partial charge in [-0.05, 0) is 24.3 Å². The Labute approximate surface area is 127 Å². The van der Waals surface area contributed by atoms with Gasteiger partial charge in [0.2, 0.25) is 0 Å². The predicted octanol–water partition coefficient (Wildman–Crippen LogP) is 1.87. The van der Waals surface area contributed by atoms with Crippen LogP contribution in [-0.4, -0.2) is 34.1 Å². The van der Waals surface area contributed by atoms with Crippen LogP contribution in [0.2, 0.25) is 0 Å². The Kier molecular flexibility index (Phi) is 4.75. The second-order valence-electron chi connectivity index (χ2n) is 4.71. The van der Waals surface area contributed by atoms with Gasteiger partial charge in [-0.3, -0.25) is 9.80 Å². The van der Waals surface area contributed by atoms with Crippen molar-refractivity contribution in [2.24, 2.45) is 0 Å². The van der Waals surface area contributed by atoms with Gasteiger partial charge in [-0.25, -0.2) is 10.2 Å². The quantitative estimate of drug-likeness (QED) is 0.733. The van der Waals surface area contributed by atoms with Gasteiger partial charge < -0.3 is 10.2 Å². The lowest BCUT2D eigenvalue weighted by Gasteiger charge is -2.19. The second-order valence-corrected chi connectivity index (χ2v) is 4.71. The van der Waals surface area contributed by atoms with Crippen LogP contribution in [0.25, 0.3) is 0 Å². The monoisotopic (exact) mass is 300 g/mol. The largest absolute Gasteiger partial charge is 0.508 e. The molecule has 0 radical (unpaired) electrons. The average molecular weight is 300 g/mol. The van der Waals surface area contributed by atoms with Crippen molar-refractivity contribution < 1.29 is 19.8 Å². The minimum Gasteiger partial charge on any atom is -0.508 e. The minimum absolute atomic E-state index is 0.00923. The molecule has 3 N–H and O–H groups in total. The zero-order valence-corrected chi connectivity index (χ0v) is 12.0. The molecule has 0 saturated heterocycles. The molecule has 0 heterocycles. The molecule has 6 heteroatoms. The average Bonchev–Trinajstić information content (AvgIpc) is 2.53. The smallest absolute Gasteiger partial charge is 0.335 e. The van der Waals surface area contributed by atoms with Crippen molar-refractivity contribution in [1.29, 1.82) is 0 Å². The Hall–Kier alpha value is -2.86. The fourth-order valence-electron chi connectivity index (χ4n) is 1.90. The third-order valence-electron chi connectivity index (χ3n) is 3.16. The second kappa shape index (κ2) is 6.73. The van der Waals surface area contributed by atoms with Crippen molar-refractivity contribution in [3.8, 4) is 5.75 Å². The minimum atomic E-state index is -1.11. The number of nitrogens with one attached hydrogen (secondary N) is 1. The molecular formula is C16H16N2O4. The van der Waals surface area contributed by atoms with E-state index in [9.17, 15) is 14.7 Å². The van der Waals surface area contributed by atoms with Crippen molar-refractivity contribution in [2.75, 3.05) is 7.05 Å². The first-order valence-corrected chi connectivity index (χ1v) is 6.61. The fraction of sp³-hybridized carbons (Fsp3) is 0.125. The van der Waals surface area contributed by atoms with Crippen LogP contribution in [0.15, 0.2) is 48.5 Å². The topological polar surface area (TPSA) is 89.9 Å². The molecule has 6 nitrogen and oxygen atoms in total. The summed E-state index contributed by atoms with van der Waals surface area (Å²) in [6.45, 7) is 0.195. The van der Waals surface area contributed by atoms with Gasteiger partial charge in [0.05, 0.1) is 5.56 Å². The van der Waals surface area contributed by atoms with Crippen molar-refractivity contribution >= 4 is 11.9 Å². The van der Waals surface area contributed by atoms with Gasteiger partial charge >= 0.3 is 5.97 Å². The molecule has 0 saturated carbocycles. The van der Waals surface area contributed by atoms with Crippen molar-refractivity contribution in [2.45, 2.75) is 6.54 Å². The fourth-order valence-corrected chi connectivity index (χ4v) is 1.90. The van der Waals surface area contributed by atoms with Crippen LogP contribution in [0.4, 0.5) is 0 Å². The number of phenolic OH excluding ortho intramolecular Hbond substituents is 1. The van der Waals surface area contributed by atoms with Crippen LogP contribution in [0, 0.1) is 0 Å². The number of hydrogen-bond acceptors (Lipinski definition) is 4. The number of nitrogens with zero attached hydrogens (tertiary/aromatic N) is 1. The summed E-state index contributed by atoms with van der Waals surface area (Å²) in [5.41, 5.74) is 3.91. The first-order chi connectivity index (χ1) is 10.5. The Morgan fingerprint density at radius 3 is 2.36 bits per heavy atom. The zero-order chi connectivity index (χ0) is 16.1. The standard InChI is InChI=1S/C16H16N2O4/c1-18(15(20)11-5-3-2-4-6-11)17-10-13-8-7-12(16(21)22)9-14(13)19/h2-9,17,19H,10H2,1H3,(H,21,22). The lowest BCUT2D eigenvalue weighted by atomic mass is 10.1. The molecule has 2 rings (SSSR count). The van der Waals surface area contributed by atoms with Crippen LogP contribution in [0.3, 0.4) is 0 Å². The van der Waals surface area contributed by atoms with Crippen molar-refractivity contribution in [3.63, 3.8) is 0 Å². The van der Waals surface area contributed by atoms with E-state index in [2.05, 4.69) is 5.43 Å². The first kappa shape index (κ1) is 15.5. The summed E-state index contributed by atoms with van der Waals surface area (Å²) in [6.07, 6.45) is 0. The van der Waals surface area contributed by atoms with Crippen molar-refractivity contribution in [3.05, 3.63) is 65.2 Å². The number of hydrazine groups is 1. The summed E-state index contributed by atoms with van der Waals surface area (Å²) in [6, 6.07) is 12.9. The molecule has 0 aliphatic rings. The summed E-state index contributed by atoms with van der Waals surface area (Å²) in [5, 5.41) is 20.0. The summed E-state index contributed by atoms with van der Waals surface area (Å²) in [5.74, 6) is -1.44. The molecule has 0 bridgehead atoms. The van der Waals surface area contributed by atoms with Gasteiger partial charge in [0.15, 0.2) is 0 Å². The number of phenols is 1. The van der Waals surface area contributed by atoms with Gasteiger partial charge in [-0.15, -0.1) is 0 Å². The number of carboxylic acids is 1. The SMILES string of the molecule is CN(NCc1ccc(C(=O)O)cc1O)C(=O)c1ccccc1.